The molecule has 0 saturated carbocycles. The normalized spacial score (nSPS) is 20.3. The SMILES string of the molecule is CCC(=O)Nc1cnc(N2CCN(C3CCN(Cc4ccc(Cl)cc4F)CC3)[C@@H](CC)C2)c(C)c1. The topological polar surface area (TPSA) is 51.7 Å². The van der Waals surface area contributed by atoms with E-state index < -0.39 is 0 Å². The van der Waals surface area contributed by atoms with Gasteiger partial charge < -0.3 is 10.2 Å². The second-order valence-electron chi connectivity index (χ2n) is 9.76. The quantitative estimate of drug-likeness (QED) is 0.572. The van der Waals surface area contributed by atoms with Crippen LogP contribution in [0.4, 0.5) is 15.9 Å². The summed E-state index contributed by atoms with van der Waals surface area (Å²) in [4.78, 5) is 23.9. The molecule has 2 aliphatic heterocycles. The lowest BCUT2D eigenvalue weighted by atomic mass is 9.97. The van der Waals surface area contributed by atoms with Gasteiger partial charge in [-0.25, -0.2) is 9.37 Å². The van der Waals surface area contributed by atoms with Crippen molar-refractivity contribution in [3.8, 4) is 0 Å². The molecule has 0 unspecified atom stereocenters. The fourth-order valence-corrected chi connectivity index (χ4v) is 5.58. The highest BCUT2D eigenvalue weighted by atomic mass is 35.5. The van der Waals surface area contributed by atoms with Crippen molar-refractivity contribution >= 4 is 29.0 Å². The van der Waals surface area contributed by atoms with Crippen molar-refractivity contribution in [3.63, 3.8) is 0 Å². The van der Waals surface area contributed by atoms with Gasteiger partial charge in [-0.15, -0.1) is 0 Å². The molecule has 0 spiro atoms. The molecule has 6 nitrogen and oxygen atoms in total. The van der Waals surface area contributed by atoms with Crippen molar-refractivity contribution in [3.05, 3.63) is 52.4 Å². The number of piperazine rings is 1. The molecule has 0 aliphatic carbocycles. The number of carbonyl (C=O) groups is 1. The zero-order valence-electron chi connectivity index (χ0n) is 21.1. The third kappa shape index (κ3) is 6.32. The van der Waals surface area contributed by atoms with Gasteiger partial charge in [-0.2, -0.15) is 0 Å². The molecular formula is C27H37ClFN5O. The van der Waals surface area contributed by atoms with Crippen LogP contribution < -0.4 is 10.2 Å². The van der Waals surface area contributed by atoms with Crippen LogP contribution >= 0.6 is 11.6 Å². The largest absolute Gasteiger partial charge is 0.354 e. The number of carbonyl (C=O) groups excluding carboxylic acids is 1. The van der Waals surface area contributed by atoms with Gasteiger partial charge in [0.2, 0.25) is 5.91 Å². The van der Waals surface area contributed by atoms with E-state index in [1.54, 1.807) is 18.3 Å². The van der Waals surface area contributed by atoms with E-state index in [0.29, 0.717) is 30.1 Å². The summed E-state index contributed by atoms with van der Waals surface area (Å²) in [6.45, 7) is 11.7. The van der Waals surface area contributed by atoms with Crippen LogP contribution in [0.3, 0.4) is 0 Å². The number of benzene rings is 1. The van der Waals surface area contributed by atoms with Crippen molar-refractivity contribution < 1.29 is 9.18 Å². The van der Waals surface area contributed by atoms with Crippen LogP contribution in [0, 0.1) is 12.7 Å². The van der Waals surface area contributed by atoms with Gasteiger partial charge in [0, 0.05) is 55.3 Å². The van der Waals surface area contributed by atoms with E-state index in [2.05, 4.69) is 33.9 Å². The zero-order chi connectivity index (χ0) is 24.9. The molecule has 2 aromatic rings. The molecule has 1 amide bonds. The van der Waals surface area contributed by atoms with Crippen molar-refractivity contribution in [2.75, 3.05) is 42.9 Å². The third-order valence-corrected chi connectivity index (χ3v) is 7.62. The Morgan fingerprint density at radius 1 is 1.17 bits per heavy atom. The van der Waals surface area contributed by atoms with Gasteiger partial charge >= 0.3 is 0 Å². The smallest absolute Gasteiger partial charge is 0.224 e. The maximum Gasteiger partial charge on any atom is 0.224 e. The predicted molar refractivity (Wildman–Crippen MR) is 141 cm³/mol. The van der Waals surface area contributed by atoms with Gasteiger partial charge in [0.1, 0.15) is 11.6 Å². The average molecular weight is 502 g/mol. The first kappa shape index (κ1) is 25.9. The average Bonchev–Trinajstić information content (AvgIpc) is 2.86. The molecule has 0 radical (unpaired) electrons. The van der Waals surface area contributed by atoms with Crippen molar-refractivity contribution in [2.24, 2.45) is 0 Å². The van der Waals surface area contributed by atoms with E-state index in [-0.39, 0.29) is 11.7 Å². The minimum Gasteiger partial charge on any atom is -0.354 e. The number of aryl methyl sites for hydroxylation is 1. The number of pyridine rings is 1. The predicted octanol–water partition coefficient (Wildman–Crippen LogP) is 5.10. The minimum absolute atomic E-state index is 0.00274. The van der Waals surface area contributed by atoms with E-state index >= 15 is 0 Å². The highest BCUT2D eigenvalue weighted by Gasteiger charge is 2.33. The first-order valence-electron chi connectivity index (χ1n) is 12.8. The number of hydrogen-bond donors (Lipinski definition) is 1. The number of nitrogens with one attached hydrogen (secondary N) is 1. The number of amides is 1. The monoisotopic (exact) mass is 501 g/mol. The second kappa shape index (κ2) is 11.7. The summed E-state index contributed by atoms with van der Waals surface area (Å²) < 4.78 is 14.2. The molecule has 8 heteroatoms. The Hall–Kier alpha value is -2.22. The summed E-state index contributed by atoms with van der Waals surface area (Å²) in [5.74, 6) is 0.798. The van der Waals surface area contributed by atoms with E-state index in [1.165, 1.54) is 6.07 Å². The number of hydrogen-bond acceptors (Lipinski definition) is 5. The number of halogens is 2. The first-order valence-corrected chi connectivity index (χ1v) is 13.2. The second-order valence-corrected chi connectivity index (χ2v) is 10.2. The van der Waals surface area contributed by atoms with Gasteiger partial charge in [-0.05, 0) is 63.0 Å². The molecule has 1 N–H and O–H groups in total. The van der Waals surface area contributed by atoms with Gasteiger partial charge in [0.15, 0.2) is 0 Å². The first-order chi connectivity index (χ1) is 16.9. The number of nitrogens with zero attached hydrogens (tertiary/aromatic N) is 4. The Bertz CT molecular complexity index is 1030. The molecule has 190 valence electrons. The maximum atomic E-state index is 14.2. The molecule has 2 fully saturated rings. The standard InChI is InChI=1S/C27H37ClFN5O/c1-4-23-18-33(27-19(3)14-22(16-30-27)31-26(35)5-2)12-13-34(23)24-8-10-32(11-9-24)17-20-6-7-21(28)15-25(20)29/h6-7,14-16,23-24H,4-5,8-13,17-18H2,1-3H3,(H,31,35)/t23-/m0/s1. The highest BCUT2D eigenvalue weighted by molar-refractivity contribution is 6.30. The van der Waals surface area contributed by atoms with Crippen LogP contribution in [0.2, 0.25) is 5.02 Å². The Balaban J connectivity index is 1.33. The van der Waals surface area contributed by atoms with E-state index in [1.807, 2.05) is 13.0 Å². The molecule has 4 rings (SSSR count). The Morgan fingerprint density at radius 3 is 2.60 bits per heavy atom. The maximum absolute atomic E-state index is 14.2. The van der Waals surface area contributed by atoms with Crippen LogP contribution in [-0.4, -0.2) is 65.5 Å². The minimum atomic E-state index is -0.216. The summed E-state index contributed by atoms with van der Waals surface area (Å²) in [6.07, 6.45) is 5.53. The summed E-state index contributed by atoms with van der Waals surface area (Å²) in [6, 6.07) is 8.03. The van der Waals surface area contributed by atoms with Crippen LogP contribution in [0.15, 0.2) is 30.5 Å². The lowest BCUT2D eigenvalue weighted by Gasteiger charge is -2.48. The number of likely N-dealkylation sites (tertiary alicyclic amines) is 1. The molecule has 3 heterocycles. The lowest BCUT2D eigenvalue weighted by Crippen LogP contribution is -2.58. The van der Waals surface area contributed by atoms with Crippen LogP contribution in [-0.2, 0) is 11.3 Å². The number of rotatable bonds is 7. The molecule has 1 atom stereocenters. The molecule has 2 aliphatic rings. The molecule has 1 aromatic carbocycles. The van der Waals surface area contributed by atoms with Crippen LogP contribution in [0.5, 0.6) is 0 Å². The number of anilines is 2. The van der Waals surface area contributed by atoms with Gasteiger partial charge in [0.25, 0.3) is 0 Å². The summed E-state index contributed by atoms with van der Waals surface area (Å²) in [5, 5.41) is 3.34. The third-order valence-electron chi connectivity index (χ3n) is 7.39. The fraction of sp³-hybridized carbons (Fsp3) is 0.556. The molecule has 2 saturated heterocycles. The summed E-state index contributed by atoms with van der Waals surface area (Å²) >= 11 is 5.90. The van der Waals surface area contributed by atoms with E-state index in [4.69, 9.17) is 16.6 Å². The molecule has 35 heavy (non-hydrogen) atoms. The van der Waals surface area contributed by atoms with Crippen molar-refractivity contribution in [1.82, 2.24) is 14.8 Å². The molecule has 1 aromatic heterocycles. The zero-order valence-corrected chi connectivity index (χ0v) is 21.8. The van der Waals surface area contributed by atoms with Crippen LogP contribution in [0.1, 0.15) is 50.7 Å². The Labute approximate surface area is 213 Å². The molecule has 0 bridgehead atoms. The van der Waals surface area contributed by atoms with E-state index in [0.717, 1.165) is 74.6 Å². The fourth-order valence-electron chi connectivity index (χ4n) is 5.42. The number of aromatic nitrogens is 1. The van der Waals surface area contributed by atoms with Gasteiger partial charge in [-0.3, -0.25) is 14.6 Å². The van der Waals surface area contributed by atoms with Gasteiger partial charge in [-0.1, -0.05) is 31.5 Å². The van der Waals surface area contributed by atoms with Crippen LogP contribution in [0.25, 0.3) is 0 Å². The lowest BCUT2D eigenvalue weighted by molar-refractivity contribution is -0.115. The summed E-state index contributed by atoms with van der Waals surface area (Å²) in [7, 11) is 0. The van der Waals surface area contributed by atoms with E-state index in [9.17, 15) is 9.18 Å². The van der Waals surface area contributed by atoms with Crippen molar-refractivity contribution in [1.29, 1.82) is 0 Å². The molecular weight excluding hydrogens is 465 g/mol. The van der Waals surface area contributed by atoms with Crippen molar-refractivity contribution in [2.45, 2.75) is 65.1 Å². The number of piperidine rings is 1. The Kier molecular flexibility index (Phi) is 8.63. The summed E-state index contributed by atoms with van der Waals surface area (Å²) in [5.41, 5.74) is 2.56. The highest BCUT2D eigenvalue weighted by Crippen LogP contribution is 2.28. The Morgan fingerprint density at radius 2 is 1.94 bits per heavy atom. The van der Waals surface area contributed by atoms with Gasteiger partial charge in [0.05, 0.1) is 11.9 Å².